The third-order valence-corrected chi connectivity index (χ3v) is 7.19. The first-order chi connectivity index (χ1) is 16.0. The van der Waals surface area contributed by atoms with Crippen LogP contribution in [-0.2, 0) is 24.3 Å². The predicted octanol–water partition coefficient (Wildman–Crippen LogP) is 3.89. The van der Waals surface area contributed by atoms with Gasteiger partial charge in [0.15, 0.2) is 0 Å². The largest absolute Gasteiger partial charge is 0.459 e. The van der Waals surface area contributed by atoms with Crippen molar-refractivity contribution in [3.05, 3.63) is 63.0 Å². The molecule has 1 saturated heterocycles. The maximum absolute atomic E-state index is 12.8. The lowest BCUT2D eigenvalue weighted by molar-refractivity contribution is -0.132. The normalized spacial score (nSPS) is 17.5. The zero-order valence-corrected chi connectivity index (χ0v) is 19.5. The number of carbonyl (C=O) groups excluding carboxylic acids is 1. The predicted molar refractivity (Wildman–Crippen MR) is 127 cm³/mol. The first kappa shape index (κ1) is 21.9. The minimum atomic E-state index is -0.0793. The summed E-state index contributed by atoms with van der Waals surface area (Å²) in [4.78, 5) is 37.2. The Morgan fingerprint density at radius 2 is 2.00 bits per heavy atom. The maximum atomic E-state index is 12.8. The van der Waals surface area contributed by atoms with Crippen LogP contribution < -0.4 is 5.56 Å². The summed E-state index contributed by atoms with van der Waals surface area (Å²) in [6, 6.07) is 8.19. The van der Waals surface area contributed by atoms with Crippen LogP contribution in [0.3, 0.4) is 0 Å². The van der Waals surface area contributed by atoms with Gasteiger partial charge in [-0.2, -0.15) is 0 Å². The summed E-state index contributed by atoms with van der Waals surface area (Å²) in [5, 5.41) is 1.19. The minimum Gasteiger partial charge on any atom is -0.459 e. The van der Waals surface area contributed by atoms with E-state index in [0.29, 0.717) is 31.5 Å². The fraction of sp³-hybridized carbons (Fsp3) is 0.500. The molecule has 0 radical (unpaired) electrons. The first-order valence-corrected chi connectivity index (χ1v) is 12.1. The van der Waals surface area contributed by atoms with Crippen LogP contribution in [0.2, 0.25) is 0 Å². The second-order valence-electron chi connectivity index (χ2n) is 9.39. The summed E-state index contributed by atoms with van der Waals surface area (Å²) in [6.45, 7) is 7.86. The van der Waals surface area contributed by atoms with Crippen molar-refractivity contribution in [2.24, 2.45) is 0 Å². The number of H-pyrrole nitrogens is 1. The lowest BCUT2D eigenvalue weighted by Gasteiger charge is -2.32. The smallest absolute Gasteiger partial charge is 0.256 e. The lowest BCUT2D eigenvalue weighted by atomic mass is 9.95. The van der Waals surface area contributed by atoms with Gasteiger partial charge in [0, 0.05) is 30.7 Å². The number of nitrogens with zero attached hydrogens (tertiary/aromatic N) is 3. The van der Waals surface area contributed by atoms with Gasteiger partial charge in [-0.1, -0.05) is 25.1 Å². The van der Waals surface area contributed by atoms with Gasteiger partial charge in [0.25, 0.3) is 5.56 Å². The lowest BCUT2D eigenvalue weighted by Crippen LogP contribution is -2.40. The summed E-state index contributed by atoms with van der Waals surface area (Å²) in [7, 11) is 0. The van der Waals surface area contributed by atoms with Crippen molar-refractivity contribution in [1.82, 2.24) is 19.8 Å². The van der Waals surface area contributed by atoms with Gasteiger partial charge in [0.05, 0.1) is 24.3 Å². The Morgan fingerprint density at radius 3 is 2.76 bits per heavy atom. The monoisotopic (exact) mass is 448 g/mol. The van der Waals surface area contributed by atoms with Gasteiger partial charge < -0.3 is 14.3 Å². The SMILES string of the molecule is CCCC(=O)N1CCc2nc(C3CCN(Cc4oc5ccccc5c4C)CC3)[nH]c(=O)c2C1. The van der Waals surface area contributed by atoms with E-state index in [0.717, 1.165) is 61.8 Å². The van der Waals surface area contributed by atoms with E-state index < -0.39 is 0 Å². The fourth-order valence-corrected chi connectivity index (χ4v) is 5.17. The average molecular weight is 449 g/mol. The number of fused-ring (bicyclic) bond motifs is 2. The second kappa shape index (κ2) is 9.14. The van der Waals surface area contributed by atoms with Crippen molar-refractivity contribution >= 4 is 16.9 Å². The molecule has 1 amide bonds. The highest BCUT2D eigenvalue weighted by Gasteiger charge is 2.28. The zero-order chi connectivity index (χ0) is 22.9. The highest BCUT2D eigenvalue weighted by molar-refractivity contribution is 5.81. The number of carbonyl (C=O) groups is 1. The van der Waals surface area contributed by atoms with E-state index in [1.54, 1.807) is 4.90 Å². The van der Waals surface area contributed by atoms with Crippen LogP contribution in [0.5, 0.6) is 0 Å². The average Bonchev–Trinajstić information content (AvgIpc) is 3.14. The van der Waals surface area contributed by atoms with E-state index in [-0.39, 0.29) is 17.4 Å². The number of rotatable bonds is 5. The molecular formula is C26H32N4O3. The van der Waals surface area contributed by atoms with E-state index in [1.807, 2.05) is 25.1 Å². The number of nitrogens with one attached hydrogen (secondary N) is 1. The van der Waals surface area contributed by atoms with Crippen LogP contribution in [-0.4, -0.2) is 45.3 Å². The van der Waals surface area contributed by atoms with Crippen molar-refractivity contribution in [2.45, 2.75) is 65.0 Å². The Hall–Kier alpha value is -2.93. The minimum absolute atomic E-state index is 0.0793. The molecule has 1 fully saturated rings. The number of furan rings is 1. The van der Waals surface area contributed by atoms with E-state index in [9.17, 15) is 9.59 Å². The molecule has 1 aromatic carbocycles. The number of piperidine rings is 1. The number of hydrogen-bond acceptors (Lipinski definition) is 5. The molecule has 0 unspecified atom stereocenters. The van der Waals surface area contributed by atoms with E-state index >= 15 is 0 Å². The molecule has 174 valence electrons. The number of aryl methyl sites for hydroxylation is 1. The number of para-hydroxylation sites is 1. The van der Waals surface area contributed by atoms with Gasteiger partial charge in [-0.25, -0.2) is 4.98 Å². The van der Waals surface area contributed by atoms with Crippen LogP contribution in [0.4, 0.5) is 0 Å². The number of likely N-dealkylation sites (tertiary alicyclic amines) is 1. The molecule has 7 heteroatoms. The number of benzene rings is 1. The van der Waals surface area contributed by atoms with Gasteiger partial charge in [0.2, 0.25) is 5.91 Å². The molecule has 2 aliphatic rings. The van der Waals surface area contributed by atoms with Crippen LogP contribution in [0, 0.1) is 6.92 Å². The molecule has 0 aliphatic carbocycles. The van der Waals surface area contributed by atoms with Gasteiger partial charge in [0.1, 0.15) is 17.2 Å². The van der Waals surface area contributed by atoms with Crippen molar-refractivity contribution < 1.29 is 9.21 Å². The molecule has 5 rings (SSSR count). The zero-order valence-electron chi connectivity index (χ0n) is 19.5. The molecule has 4 heterocycles. The number of hydrogen-bond donors (Lipinski definition) is 1. The van der Waals surface area contributed by atoms with Gasteiger partial charge in [-0.05, 0) is 50.9 Å². The Balaban J connectivity index is 1.24. The Morgan fingerprint density at radius 1 is 1.21 bits per heavy atom. The molecule has 7 nitrogen and oxygen atoms in total. The van der Waals surface area contributed by atoms with E-state index in [1.165, 1.54) is 10.9 Å². The molecule has 0 spiro atoms. The van der Waals surface area contributed by atoms with Crippen LogP contribution in [0.25, 0.3) is 11.0 Å². The van der Waals surface area contributed by atoms with E-state index in [2.05, 4.69) is 22.9 Å². The molecule has 0 atom stereocenters. The number of amides is 1. The highest BCUT2D eigenvalue weighted by atomic mass is 16.3. The Kier molecular flexibility index (Phi) is 6.06. The number of aromatic amines is 1. The van der Waals surface area contributed by atoms with Crippen LogP contribution in [0.15, 0.2) is 33.5 Å². The molecular weight excluding hydrogens is 416 g/mol. The first-order valence-electron chi connectivity index (χ1n) is 12.1. The molecule has 3 aromatic rings. The maximum Gasteiger partial charge on any atom is 0.256 e. The number of aromatic nitrogens is 2. The summed E-state index contributed by atoms with van der Waals surface area (Å²) in [5.41, 5.74) is 3.62. The van der Waals surface area contributed by atoms with Crippen LogP contribution in [0.1, 0.15) is 66.9 Å². The summed E-state index contributed by atoms with van der Waals surface area (Å²) < 4.78 is 6.10. The van der Waals surface area contributed by atoms with Crippen molar-refractivity contribution in [3.8, 4) is 0 Å². The van der Waals surface area contributed by atoms with Crippen LogP contribution >= 0.6 is 0 Å². The molecule has 2 aromatic heterocycles. The standard InChI is InChI=1S/C26H32N4O3/c1-3-6-24(31)30-14-11-21-20(15-30)26(32)28-25(27-21)18-9-12-29(13-10-18)16-23-17(2)19-7-4-5-8-22(19)33-23/h4-5,7-8,18H,3,6,9-16H2,1-2H3,(H,27,28,32). The third kappa shape index (κ3) is 4.34. The Bertz CT molecular complexity index is 1220. The fourth-order valence-electron chi connectivity index (χ4n) is 5.17. The molecule has 2 aliphatic heterocycles. The quantitative estimate of drug-likeness (QED) is 0.640. The molecule has 33 heavy (non-hydrogen) atoms. The molecule has 1 N–H and O–H groups in total. The van der Waals surface area contributed by atoms with E-state index in [4.69, 9.17) is 9.40 Å². The summed E-state index contributed by atoms with van der Waals surface area (Å²) in [6.07, 6.45) is 3.94. The summed E-state index contributed by atoms with van der Waals surface area (Å²) in [5.74, 6) is 2.23. The third-order valence-electron chi connectivity index (χ3n) is 7.19. The van der Waals surface area contributed by atoms with Gasteiger partial charge >= 0.3 is 0 Å². The molecule has 0 saturated carbocycles. The summed E-state index contributed by atoms with van der Waals surface area (Å²) >= 11 is 0. The van der Waals surface area contributed by atoms with Gasteiger partial charge in [-0.3, -0.25) is 14.5 Å². The Labute approximate surface area is 193 Å². The second-order valence-corrected chi connectivity index (χ2v) is 9.39. The van der Waals surface area contributed by atoms with Gasteiger partial charge in [-0.15, -0.1) is 0 Å². The van der Waals surface area contributed by atoms with Crippen molar-refractivity contribution in [3.63, 3.8) is 0 Å². The highest BCUT2D eigenvalue weighted by Crippen LogP contribution is 2.30. The topological polar surface area (TPSA) is 82.4 Å². The van der Waals surface area contributed by atoms with Crippen molar-refractivity contribution in [2.75, 3.05) is 19.6 Å². The van der Waals surface area contributed by atoms with Crippen molar-refractivity contribution in [1.29, 1.82) is 0 Å². The molecule has 0 bridgehead atoms.